The van der Waals surface area contributed by atoms with E-state index >= 15 is 0 Å². The minimum Gasteiger partial charge on any atom is -0.356 e. The second-order valence-electron chi connectivity index (χ2n) is 6.92. The number of epoxide rings is 1. The number of hydrogen-bond acceptors (Lipinski definition) is 4. The van der Waals surface area contributed by atoms with Crippen LogP contribution in [-0.2, 0) is 19.0 Å². The summed E-state index contributed by atoms with van der Waals surface area (Å²) in [5, 5.41) is 0. The van der Waals surface area contributed by atoms with Gasteiger partial charge >= 0.3 is 0 Å². The van der Waals surface area contributed by atoms with Crippen LogP contribution in [-0.4, -0.2) is 37.0 Å². The van der Waals surface area contributed by atoms with Gasteiger partial charge < -0.3 is 14.2 Å². The maximum absolute atomic E-state index is 12.9. The fourth-order valence-corrected chi connectivity index (χ4v) is 3.82. The van der Waals surface area contributed by atoms with Gasteiger partial charge in [0.2, 0.25) is 0 Å². The monoisotopic (exact) mass is 292 g/mol. The number of Topliss-reactive ketones (excluding diaryl/α,β-unsaturated/α-hetero) is 1. The highest BCUT2D eigenvalue weighted by atomic mass is 16.7. The highest BCUT2D eigenvalue weighted by Crippen LogP contribution is 2.53. The molecule has 2 heterocycles. The van der Waals surface area contributed by atoms with Crippen LogP contribution in [0.25, 0.3) is 0 Å². The number of carbonyl (C=O) groups is 1. The van der Waals surface area contributed by atoms with Crippen LogP contribution in [0, 0.1) is 5.41 Å². The Morgan fingerprint density at radius 1 is 1.24 bits per heavy atom. The van der Waals surface area contributed by atoms with E-state index in [9.17, 15) is 4.79 Å². The van der Waals surface area contributed by atoms with E-state index in [1.165, 1.54) is 0 Å². The van der Waals surface area contributed by atoms with Crippen molar-refractivity contribution in [2.24, 2.45) is 5.41 Å². The highest BCUT2D eigenvalue weighted by Gasteiger charge is 2.58. The molecule has 1 spiro atoms. The molecule has 21 heavy (non-hydrogen) atoms. The van der Waals surface area contributed by atoms with Crippen LogP contribution in [0.1, 0.15) is 40.5 Å². The minimum absolute atomic E-state index is 0.0728. The highest BCUT2D eigenvalue weighted by molar-refractivity contribution is 6.03. The summed E-state index contributed by atoms with van der Waals surface area (Å²) in [5.74, 6) is -0.589. The van der Waals surface area contributed by atoms with E-state index in [-0.39, 0.29) is 18.0 Å². The van der Waals surface area contributed by atoms with E-state index in [1.807, 2.05) is 27.7 Å². The molecule has 0 aromatic heterocycles. The van der Waals surface area contributed by atoms with Crippen molar-refractivity contribution in [1.29, 1.82) is 0 Å². The quantitative estimate of drug-likeness (QED) is 0.593. The summed E-state index contributed by atoms with van der Waals surface area (Å²) in [7, 11) is 0. The van der Waals surface area contributed by atoms with E-state index in [4.69, 9.17) is 14.2 Å². The number of allylic oxidation sites excluding steroid dienone is 1. The third-order valence-electron chi connectivity index (χ3n) is 5.07. The van der Waals surface area contributed by atoms with Crippen LogP contribution < -0.4 is 0 Å². The molecule has 2 unspecified atom stereocenters. The second-order valence-corrected chi connectivity index (χ2v) is 6.92. The van der Waals surface area contributed by atoms with Gasteiger partial charge in [0.15, 0.2) is 17.7 Å². The summed E-state index contributed by atoms with van der Waals surface area (Å²) >= 11 is 0. The molecular formula is C17H24O4. The Kier molecular flexibility index (Phi) is 3.39. The van der Waals surface area contributed by atoms with Gasteiger partial charge in [-0.1, -0.05) is 26.0 Å². The summed E-state index contributed by atoms with van der Waals surface area (Å²) in [6.07, 6.45) is 1.13. The molecule has 0 amide bonds. The average Bonchev–Trinajstić information content (AvgIpc) is 3.06. The van der Waals surface area contributed by atoms with E-state index in [0.29, 0.717) is 13.2 Å². The molecule has 0 N–H and O–H groups in total. The molecule has 2 fully saturated rings. The first-order valence-corrected chi connectivity index (χ1v) is 7.63. The molecule has 116 valence electrons. The molecule has 3 aliphatic rings. The number of hydrogen-bond donors (Lipinski definition) is 0. The van der Waals surface area contributed by atoms with Gasteiger partial charge in [-0.05, 0) is 25.8 Å². The van der Waals surface area contributed by atoms with Crippen molar-refractivity contribution in [2.75, 3.05) is 13.2 Å². The molecule has 0 aromatic carbocycles. The average molecular weight is 292 g/mol. The van der Waals surface area contributed by atoms with E-state index in [2.05, 4.69) is 6.58 Å². The maximum Gasteiger partial charge on any atom is 0.191 e. The second kappa shape index (κ2) is 4.77. The Morgan fingerprint density at radius 3 is 2.38 bits per heavy atom. The van der Waals surface area contributed by atoms with Gasteiger partial charge in [-0.25, -0.2) is 0 Å². The van der Waals surface area contributed by atoms with Crippen molar-refractivity contribution in [2.45, 2.75) is 58.5 Å². The van der Waals surface area contributed by atoms with Crippen LogP contribution in [0.5, 0.6) is 0 Å². The van der Waals surface area contributed by atoms with Gasteiger partial charge in [0, 0.05) is 17.4 Å². The Balaban J connectivity index is 1.92. The number of rotatable bonds is 3. The Bertz CT molecular complexity index is 523. The number of ether oxygens (including phenoxy) is 3. The molecule has 0 bridgehead atoms. The molecule has 4 nitrogen and oxygen atoms in total. The van der Waals surface area contributed by atoms with Gasteiger partial charge in [-0.3, -0.25) is 4.79 Å². The van der Waals surface area contributed by atoms with Crippen LogP contribution in [0.15, 0.2) is 23.3 Å². The van der Waals surface area contributed by atoms with E-state index in [0.717, 1.165) is 29.6 Å². The lowest BCUT2D eigenvalue weighted by atomic mass is 9.66. The molecule has 2 atom stereocenters. The molecule has 0 aromatic rings. The van der Waals surface area contributed by atoms with Gasteiger partial charge in [0.25, 0.3) is 0 Å². The first-order chi connectivity index (χ1) is 9.80. The maximum atomic E-state index is 12.9. The predicted molar refractivity (Wildman–Crippen MR) is 78.8 cm³/mol. The topological polar surface area (TPSA) is 48.1 Å². The lowest BCUT2D eigenvalue weighted by molar-refractivity contribution is -0.224. The van der Waals surface area contributed by atoms with Crippen molar-refractivity contribution in [3.8, 4) is 0 Å². The molecular weight excluding hydrogens is 268 g/mol. The molecule has 2 aliphatic heterocycles. The zero-order valence-corrected chi connectivity index (χ0v) is 13.3. The Morgan fingerprint density at radius 2 is 1.86 bits per heavy atom. The summed E-state index contributed by atoms with van der Waals surface area (Å²) < 4.78 is 17.4. The van der Waals surface area contributed by atoms with Crippen molar-refractivity contribution < 1.29 is 19.0 Å². The van der Waals surface area contributed by atoms with Crippen LogP contribution in [0.4, 0.5) is 0 Å². The molecule has 4 heteroatoms. The lowest BCUT2D eigenvalue weighted by Gasteiger charge is -2.47. The van der Waals surface area contributed by atoms with Gasteiger partial charge in [0.05, 0.1) is 13.2 Å². The standard InChI is InChI=1S/C17H24O4/c1-10(2)14-15(21-14)13(18)12-11(3)6-7-17(16(12,4)5)19-8-9-20-17/h14-15H,1,6-9H2,2-5H3. The Hall–Kier alpha value is -0.970. The van der Waals surface area contributed by atoms with Gasteiger partial charge in [-0.15, -0.1) is 0 Å². The first-order valence-electron chi connectivity index (χ1n) is 7.63. The van der Waals surface area contributed by atoms with E-state index in [1.54, 1.807) is 0 Å². The predicted octanol–water partition coefficient (Wildman–Crippen LogP) is 2.78. The van der Waals surface area contributed by atoms with Crippen molar-refractivity contribution >= 4 is 5.78 Å². The van der Waals surface area contributed by atoms with Gasteiger partial charge in [0.1, 0.15) is 6.10 Å². The fourth-order valence-electron chi connectivity index (χ4n) is 3.82. The van der Waals surface area contributed by atoms with E-state index < -0.39 is 11.2 Å². The summed E-state index contributed by atoms with van der Waals surface area (Å²) in [6, 6.07) is 0. The van der Waals surface area contributed by atoms with Crippen molar-refractivity contribution in [1.82, 2.24) is 0 Å². The normalized spacial score (nSPS) is 33.3. The van der Waals surface area contributed by atoms with Crippen LogP contribution in [0.3, 0.4) is 0 Å². The largest absolute Gasteiger partial charge is 0.356 e. The smallest absolute Gasteiger partial charge is 0.191 e. The summed E-state index contributed by atoms with van der Waals surface area (Å²) in [6.45, 7) is 13.1. The minimum atomic E-state index is -0.662. The molecule has 3 rings (SSSR count). The molecule has 2 saturated heterocycles. The Labute approximate surface area is 126 Å². The first kappa shape index (κ1) is 14.9. The van der Waals surface area contributed by atoms with Crippen molar-refractivity contribution in [3.63, 3.8) is 0 Å². The third-order valence-corrected chi connectivity index (χ3v) is 5.07. The number of carbonyl (C=O) groups excluding carboxylic acids is 1. The zero-order valence-electron chi connectivity index (χ0n) is 13.3. The third kappa shape index (κ3) is 2.12. The lowest BCUT2D eigenvalue weighted by Crippen LogP contribution is -2.51. The fraction of sp³-hybridized carbons (Fsp3) is 0.706. The van der Waals surface area contributed by atoms with Crippen LogP contribution in [0.2, 0.25) is 0 Å². The van der Waals surface area contributed by atoms with Gasteiger partial charge in [-0.2, -0.15) is 0 Å². The molecule has 0 radical (unpaired) electrons. The summed E-state index contributed by atoms with van der Waals surface area (Å²) in [5.41, 5.74) is 2.40. The van der Waals surface area contributed by atoms with Crippen LogP contribution >= 0.6 is 0 Å². The zero-order chi connectivity index (χ0) is 15.4. The molecule has 0 saturated carbocycles. The number of ketones is 1. The SMILES string of the molecule is C=C(C)C1OC1C(=O)C1=C(C)CCC2(OCCO2)C1(C)C. The van der Waals surface area contributed by atoms with Crippen molar-refractivity contribution in [3.05, 3.63) is 23.3 Å². The summed E-state index contributed by atoms with van der Waals surface area (Å²) in [4.78, 5) is 12.9. The molecule has 1 aliphatic carbocycles.